The Bertz CT molecular complexity index is 353. The van der Waals surface area contributed by atoms with Gasteiger partial charge in [0.15, 0.2) is 11.5 Å². The molecule has 0 unspecified atom stereocenters. The number of aromatic hydroxyl groups is 1. The molecule has 136 valence electrons. The maximum Gasteiger partial charge on any atom is 0.160 e. The predicted molar refractivity (Wildman–Crippen MR) is 94.1 cm³/mol. The molecule has 2 N–H and O–H groups in total. The Balaban J connectivity index is 0. The minimum absolute atomic E-state index is 0.166. The van der Waals surface area contributed by atoms with Crippen molar-refractivity contribution in [2.45, 2.75) is 46.1 Å². The molecule has 23 heavy (non-hydrogen) atoms. The van der Waals surface area contributed by atoms with Crippen molar-refractivity contribution < 1.29 is 24.4 Å². The lowest BCUT2D eigenvalue weighted by atomic mass is 10.2. The Labute approximate surface area is 141 Å². The van der Waals surface area contributed by atoms with Crippen LogP contribution in [0.1, 0.15) is 45.1 Å². The van der Waals surface area contributed by atoms with Gasteiger partial charge in [0.05, 0.1) is 13.7 Å². The fourth-order valence-corrected chi connectivity index (χ4v) is 1.63. The number of hydrogen-bond donors (Lipinski definition) is 2. The number of phenols is 1. The van der Waals surface area contributed by atoms with Crippen molar-refractivity contribution in [1.82, 2.24) is 0 Å². The number of aliphatic hydroxyl groups excluding tert-OH is 1. The summed E-state index contributed by atoms with van der Waals surface area (Å²) >= 11 is 0. The minimum Gasteiger partial charge on any atom is -0.504 e. The summed E-state index contributed by atoms with van der Waals surface area (Å²) in [5.41, 5.74) is 1.02. The number of hydrogen-bond acceptors (Lipinski definition) is 5. The molecule has 0 spiro atoms. The average molecular weight is 330 g/mol. The van der Waals surface area contributed by atoms with Gasteiger partial charge in [-0.25, -0.2) is 0 Å². The van der Waals surface area contributed by atoms with Crippen molar-refractivity contribution in [2.24, 2.45) is 0 Å². The molecular weight excluding hydrogens is 296 g/mol. The molecular formula is C18H34O5. The predicted octanol–water partition coefficient (Wildman–Crippen LogP) is 3.76. The van der Waals surface area contributed by atoms with E-state index >= 15 is 0 Å². The van der Waals surface area contributed by atoms with E-state index in [1.807, 2.05) is 6.07 Å². The van der Waals surface area contributed by atoms with E-state index in [0.717, 1.165) is 18.6 Å². The molecule has 0 bridgehead atoms. The van der Waals surface area contributed by atoms with Gasteiger partial charge in [0, 0.05) is 27.4 Å². The first-order valence-corrected chi connectivity index (χ1v) is 8.05. The number of unbranched alkanes of at least 4 members (excludes halogenated alkanes) is 3. The molecule has 0 aliphatic carbocycles. The van der Waals surface area contributed by atoms with Gasteiger partial charge in [0.1, 0.15) is 0 Å². The van der Waals surface area contributed by atoms with Crippen LogP contribution in [0.15, 0.2) is 18.2 Å². The normalized spacial score (nSPS) is 9.30. The lowest BCUT2D eigenvalue weighted by Gasteiger charge is -2.07. The molecule has 0 radical (unpaired) electrons. The standard InChI is InChI=1S/C14H22O3.2C2H6O/c1-3-4-5-6-9-17-11-12-7-8-13(15)14(10-12)16-2;1-3-2;1-2-3/h7-8,10,15H,3-6,9,11H2,1-2H3;1-2H3;3H,2H2,1H3. The van der Waals surface area contributed by atoms with Crippen molar-refractivity contribution >= 4 is 0 Å². The number of rotatable bonds is 8. The van der Waals surface area contributed by atoms with Crippen molar-refractivity contribution in [3.8, 4) is 11.5 Å². The molecule has 1 aromatic rings. The van der Waals surface area contributed by atoms with Crippen molar-refractivity contribution in [3.05, 3.63) is 23.8 Å². The maximum absolute atomic E-state index is 9.44. The summed E-state index contributed by atoms with van der Waals surface area (Å²) < 4.78 is 14.9. The van der Waals surface area contributed by atoms with Crippen LogP contribution in [0, 0.1) is 0 Å². The van der Waals surface area contributed by atoms with Gasteiger partial charge in [-0.3, -0.25) is 0 Å². The number of benzene rings is 1. The molecule has 0 saturated heterocycles. The van der Waals surface area contributed by atoms with Crippen LogP contribution in [0.5, 0.6) is 11.5 Å². The van der Waals surface area contributed by atoms with E-state index in [1.165, 1.54) is 19.3 Å². The zero-order chi connectivity index (χ0) is 17.9. The summed E-state index contributed by atoms with van der Waals surface area (Å²) in [5, 5.41) is 17.0. The maximum atomic E-state index is 9.44. The summed E-state index contributed by atoms with van der Waals surface area (Å²) in [6.45, 7) is 5.50. The highest BCUT2D eigenvalue weighted by atomic mass is 16.5. The van der Waals surface area contributed by atoms with E-state index in [2.05, 4.69) is 11.7 Å². The summed E-state index contributed by atoms with van der Waals surface area (Å²) in [4.78, 5) is 0. The molecule has 5 heteroatoms. The van der Waals surface area contributed by atoms with E-state index < -0.39 is 0 Å². The average Bonchev–Trinajstić information content (AvgIpc) is 2.54. The van der Waals surface area contributed by atoms with Gasteiger partial charge < -0.3 is 24.4 Å². The van der Waals surface area contributed by atoms with Gasteiger partial charge >= 0.3 is 0 Å². The molecule has 0 aromatic heterocycles. The Morgan fingerprint density at radius 2 is 1.61 bits per heavy atom. The SMILES string of the molecule is CCCCCCOCc1ccc(O)c(OC)c1.CCO.COC. The second kappa shape index (κ2) is 18.7. The van der Waals surface area contributed by atoms with Crippen molar-refractivity contribution in [3.63, 3.8) is 0 Å². The van der Waals surface area contributed by atoms with Crippen LogP contribution in [-0.4, -0.2) is 44.8 Å². The number of methoxy groups -OCH3 is 2. The highest BCUT2D eigenvalue weighted by Crippen LogP contribution is 2.26. The highest BCUT2D eigenvalue weighted by Gasteiger charge is 2.02. The van der Waals surface area contributed by atoms with Crippen LogP contribution in [0.2, 0.25) is 0 Å². The molecule has 0 heterocycles. The first-order chi connectivity index (χ1) is 11.1. The van der Waals surface area contributed by atoms with Crippen LogP contribution in [-0.2, 0) is 16.1 Å². The second-order valence-corrected chi connectivity index (χ2v) is 4.84. The molecule has 1 aromatic carbocycles. The monoisotopic (exact) mass is 330 g/mol. The van der Waals surface area contributed by atoms with Crippen LogP contribution in [0.4, 0.5) is 0 Å². The molecule has 0 saturated carbocycles. The molecule has 0 aliphatic rings. The molecule has 0 atom stereocenters. The van der Waals surface area contributed by atoms with Crippen molar-refractivity contribution in [1.29, 1.82) is 0 Å². The first kappa shape index (κ1) is 24.0. The van der Waals surface area contributed by atoms with Crippen LogP contribution in [0.3, 0.4) is 0 Å². The first-order valence-electron chi connectivity index (χ1n) is 8.05. The lowest BCUT2D eigenvalue weighted by Crippen LogP contribution is -1.96. The van der Waals surface area contributed by atoms with Crippen molar-refractivity contribution in [2.75, 3.05) is 34.5 Å². The van der Waals surface area contributed by atoms with E-state index in [1.54, 1.807) is 40.4 Å². The highest BCUT2D eigenvalue weighted by molar-refractivity contribution is 5.41. The molecule has 1 rings (SSSR count). The summed E-state index contributed by atoms with van der Waals surface area (Å²) in [6, 6.07) is 5.29. The van der Waals surface area contributed by atoms with Crippen LogP contribution in [0.25, 0.3) is 0 Å². The quantitative estimate of drug-likeness (QED) is 0.710. The van der Waals surface area contributed by atoms with Gasteiger partial charge in [-0.05, 0) is 31.0 Å². The number of phenolic OH excluding ortho intramolecular Hbond substituents is 1. The number of ether oxygens (including phenoxy) is 3. The fourth-order valence-electron chi connectivity index (χ4n) is 1.63. The Morgan fingerprint density at radius 3 is 2.13 bits per heavy atom. The molecule has 5 nitrogen and oxygen atoms in total. The summed E-state index contributed by atoms with van der Waals surface area (Å²) in [7, 11) is 4.80. The third-order valence-corrected chi connectivity index (χ3v) is 2.66. The fraction of sp³-hybridized carbons (Fsp3) is 0.667. The topological polar surface area (TPSA) is 68.2 Å². The van der Waals surface area contributed by atoms with Gasteiger partial charge in [-0.15, -0.1) is 0 Å². The Hall–Kier alpha value is -1.30. The van der Waals surface area contributed by atoms with Gasteiger partial charge in [0.2, 0.25) is 0 Å². The van der Waals surface area contributed by atoms with Gasteiger partial charge in [0.25, 0.3) is 0 Å². The van der Waals surface area contributed by atoms with Gasteiger partial charge in [-0.2, -0.15) is 0 Å². The largest absolute Gasteiger partial charge is 0.504 e. The summed E-state index contributed by atoms with van der Waals surface area (Å²) in [6.07, 6.45) is 4.87. The molecule has 0 amide bonds. The van der Waals surface area contributed by atoms with E-state index in [9.17, 15) is 5.11 Å². The van der Waals surface area contributed by atoms with E-state index in [0.29, 0.717) is 12.4 Å². The number of aliphatic hydroxyl groups is 1. The zero-order valence-electron chi connectivity index (χ0n) is 15.3. The summed E-state index contributed by atoms with van der Waals surface area (Å²) in [5.74, 6) is 0.663. The Kier molecular flexibility index (Phi) is 19.5. The van der Waals surface area contributed by atoms with E-state index in [4.69, 9.17) is 14.6 Å². The van der Waals surface area contributed by atoms with Crippen LogP contribution >= 0.6 is 0 Å². The zero-order valence-corrected chi connectivity index (χ0v) is 15.3. The minimum atomic E-state index is 0.166. The third-order valence-electron chi connectivity index (χ3n) is 2.66. The molecule has 0 fully saturated rings. The lowest BCUT2D eigenvalue weighted by molar-refractivity contribution is 0.116. The third kappa shape index (κ3) is 15.4. The second-order valence-electron chi connectivity index (χ2n) is 4.84. The molecule has 0 aliphatic heterocycles. The van der Waals surface area contributed by atoms with Gasteiger partial charge in [-0.1, -0.05) is 32.3 Å². The Morgan fingerprint density at radius 1 is 1.00 bits per heavy atom. The van der Waals surface area contributed by atoms with E-state index in [-0.39, 0.29) is 12.4 Å². The smallest absolute Gasteiger partial charge is 0.160 e. The van der Waals surface area contributed by atoms with Crippen LogP contribution < -0.4 is 4.74 Å².